The van der Waals surface area contributed by atoms with Crippen LogP contribution in [0.15, 0.2) is 12.1 Å². The lowest BCUT2D eigenvalue weighted by Gasteiger charge is -2.27. The Labute approximate surface area is 187 Å². The second kappa shape index (κ2) is 8.31. The van der Waals surface area contributed by atoms with Crippen LogP contribution in [0.2, 0.25) is 0 Å². The van der Waals surface area contributed by atoms with E-state index in [-0.39, 0.29) is 21.3 Å². The van der Waals surface area contributed by atoms with Gasteiger partial charge in [-0.1, -0.05) is 6.08 Å². The minimum atomic E-state index is -6.08. The van der Waals surface area contributed by atoms with Gasteiger partial charge in [-0.25, -0.2) is 9.78 Å². The number of aryl methyl sites for hydroxylation is 1. The Bertz CT molecular complexity index is 1190. The fraction of sp³-hybridized carbons (Fsp3) is 0.500. The number of thiazole rings is 1. The smallest absolute Gasteiger partial charge is 0.479 e. The molecule has 1 heterocycles. The van der Waals surface area contributed by atoms with Crippen molar-refractivity contribution >= 4 is 43.2 Å². The van der Waals surface area contributed by atoms with Crippen LogP contribution in [0.5, 0.6) is 5.75 Å². The number of aliphatic carboxylic acids is 1. The Hall–Kier alpha value is -2.18. The maximum Gasteiger partial charge on any atom is 0.534 e. The molecule has 32 heavy (non-hydrogen) atoms. The highest BCUT2D eigenvalue weighted by Gasteiger charge is 2.49. The molecule has 0 radical (unpaired) electrons. The first-order valence-electron chi connectivity index (χ1n) is 9.65. The van der Waals surface area contributed by atoms with Crippen molar-refractivity contribution in [1.29, 1.82) is 0 Å². The van der Waals surface area contributed by atoms with E-state index in [0.717, 1.165) is 36.2 Å². The van der Waals surface area contributed by atoms with Crippen LogP contribution >= 0.6 is 11.3 Å². The van der Waals surface area contributed by atoms with Crippen molar-refractivity contribution in [3.8, 4) is 5.75 Å². The zero-order valence-corrected chi connectivity index (χ0v) is 19.4. The quantitative estimate of drug-likeness (QED) is 0.428. The van der Waals surface area contributed by atoms with E-state index < -0.39 is 39.1 Å². The molecule has 0 saturated heterocycles. The highest BCUT2D eigenvalue weighted by atomic mass is 32.2. The molecule has 1 atom stereocenters. The maximum absolute atomic E-state index is 13.2. The maximum atomic E-state index is 13.2. The Morgan fingerprint density at radius 3 is 2.44 bits per heavy atom. The van der Waals surface area contributed by atoms with Crippen molar-refractivity contribution in [2.24, 2.45) is 0 Å². The number of hydrogen-bond donors (Lipinski definition) is 1. The third-order valence-corrected chi connectivity index (χ3v) is 6.73. The van der Waals surface area contributed by atoms with Gasteiger partial charge in [-0.2, -0.15) is 21.6 Å². The van der Waals surface area contributed by atoms with Crippen molar-refractivity contribution in [3.63, 3.8) is 0 Å². The third-order valence-electron chi connectivity index (χ3n) is 4.63. The number of carboxylic acids is 1. The van der Waals surface area contributed by atoms with Gasteiger partial charge in [0.15, 0.2) is 11.9 Å². The van der Waals surface area contributed by atoms with Crippen LogP contribution in [0, 0.1) is 6.92 Å². The lowest BCUT2D eigenvalue weighted by molar-refractivity contribution is -0.160. The van der Waals surface area contributed by atoms with Crippen LogP contribution < -0.4 is 4.18 Å². The van der Waals surface area contributed by atoms with Crippen molar-refractivity contribution < 1.29 is 40.4 Å². The van der Waals surface area contributed by atoms with Gasteiger partial charge < -0.3 is 14.0 Å². The van der Waals surface area contributed by atoms with Gasteiger partial charge in [0.05, 0.1) is 15.8 Å². The molecule has 1 aromatic carbocycles. The SMILES string of the molecule is Cc1cc2nc(C3=CCCC3)sc2c(OS(=O)(=O)C(F)(F)F)c1C(OC(C)(C)C)C(=O)O. The van der Waals surface area contributed by atoms with E-state index in [4.69, 9.17) is 4.74 Å². The highest BCUT2D eigenvalue weighted by molar-refractivity contribution is 7.88. The van der Waals surface area contributed by atoms with Gasteiger partial charge in [0.1, 0.15) is 5.01 Å². The lowest BCUT2D eigenvalue weighted by atomic mass is 10.0. The molecule has 1 aromatic heterocycles. The second-order valence-corrected chi connectivity index (χ2v) is 10.9. The Kier molecular flexibility index (Phi) is 6.35. The Morgan fingerprint density at radius 1 is 1.28 bits per heavy atom. The summed E-state index contributed by atoms with van der Waals surface area (Å²) in [6.07, 6.45) is 2.66. The molecule has 2 aromatic rings. The number of fused-ring (bicyclic) bond motifs is 1. The lowest BCUT2D eigenvalue weighted by Crippen LogP contribution is -2.31. The molecule has 0 spiro atoms. The van der Waals surface area contributed by atoms with Gasteiger partial charge >= 0.3 is 21.6 Å². The number of benzene rings is 1. The number of rotatable bonds is 6. The molecule has 1 unspecified atom stereocenters. The number of carboxylic acid groups (broad SMARTS) is 1. The van der Waals surface area contributed by atoms with Crippen LogP contribution in [0.25, 0.3) is 15.8 Å². The first-order valence-corrected chi connectivity index (χ1v) is 11.9. The van der Waals surface area contributed by atoms with E-state index in [9.17, 15) is 31.5 Å². The van der Waals surface area contributed by atoms with Crippen molar-refractivity contribution in [2.45, 2.75) is 64.2 Å². The summed E-state index contributed by atoms with van der Waals surface area (Å²) >= 11 is 0.958. The van der Waals surface area contributed by atoms with Crippen molar-refractivity contribution in [3.05, 3.63) is 28.3 Å². The standard InChI is InChI=1S/C20H22F3NO6S2/c1-10-9-12-16(31-17(24-12)11-7-5-6-8-11)14(30-32(27,28)20(21,22)23)13(10)15(18(25)26)29-19(2,3)4/h7,9,15H,5-6,8H2,1-4H3,(H,25,26). The summed E-state index contributed by atoms with van der Waals surface area (Å²) in [5.74, 6) is -2.23. The van der Waals surface area contributed by atoms with Crippen molar-refractivity contribution in [2.75, 3.05) is 0 Å². The minimum absolute atomic E-state index is 0.00461. The normalized spacial score (nSPS) is 16.3. The molecule has 1 N–H and O–H groups in total. The first kappa shape index (κ1) is 24.5. The number of nitrogens with zero attached hydrogens (tertiary/aromatic N) is 1. The number of alkyl halides is 3. The molecular formula is C20H22F3NO6S2. The molecule has 12 heteroatoms. The van der Waals surface area contributed by atoms with E-state index in [2.05, 4.69) is 9.17 Å². The van der Waals surface area contributed by atoms with E-state index in [1.54, 1.807) is 20.8 Å². The molecule has 0 amide bonds. The van der Waals surface area contributed by atoms with Crippen LogP contribution in [-0.4, -0.2) is 35.6 Å². The zero-order valence-electron chi connectivity index (χ0n) is 17.7. The topological polar surface area (TPSA) is 103 Å². The molecule has 7 nitrogen and oxygen atoms in total. The highest BCUT2D eigenvalue weighted by Crippen LogP contribution is 2.45. The second-order valence-electron chi connectivity index (χ2n) is 8.36. The Balaban J connectivity index is 2.31. The first-order chi connectivity index (χ1) is 14.6. The van der Waals surface area contributed by atoms with E-state index in [0.29, 0.717) is 5.01 Å². The fourth-order valence-electron chi connectivity index (χ4n) is 3.33. The summed E-state index contributed by atoms with van der Waals surface area (Å²) in [6, 6.07) is 1.50. The van der Waals surface area contributed by atoms with Gasteiger partial charge in [-0.3, -0.25) is 0 Å². The van der Waals surface area contributed by atoms with Gasteiger partial charge in [0.25, 0.3) is 0 Å². The largest absolute Gasteiger partial charge is 0.534 e. The number of halogens is 3. The minimum Gasteiger partial charge on any atom is -0.479 e. The molecule has 0 saturated carbocycles. The van der Waals surface area contributed by atoms with E-state index in [1.807, 2.05) is 6.08 Å². The number of hydrogen-bond acceptors (Lipinski definition) is 7. The summed E-state index contributed by atoms with van der Waals surface area (Å²) < 4.78 is 73.4. The average Bonchev–Trinajstić information content (AvgIpc) is 3.27. The van der Waals surface area contributed by atoms with Crippen molar-refractivity contribution in [1.82, 2.24) is 4.98 Å². The fourth-order valence-corrected chi connectivity index (χ4v) is 4.98. The molecule has 176 valence electrons. The molecule has 1 aliphatic rings. The monoisotopic (exact) mass is 493 g/mol. The number of allylic oxidation sites excluding steroid dienone is 2. The molecule has 0 aliphatic heterocycles. The molecule has 0 fully saturated rings. The summed E-state index contributed by atoms with van der Waals surface area (Å²) in [4.78, 5) is 16.5. The number of ether oxygens (including phenoxy) is 1. The molecular weight excluding hydrogens is 471 g/mol. The van der Waals surface area contributed by atoms with Crippen LogP contribution in [0.3, 0.4) is 0 Å². The van der Waals surface area contributed by atoms with E-state index >= 15 is 0 Å². The summed E-state index contributed by atoms with van der Waals surface area (Å²) in [5, 5.41) is 10.3. The van der Waals surface area contributed by atoms with Gasteiger partial charge in [0, 0.05) is 5.56 Å². The Morgan fingerprint density at radius 2 is 1.94 bits per heavy atom. The third kappa shape index (κ3) is 4.91. The van der Waals surface area contributed by atoms with Gasteiger partial charge in [-0.15, -0.1) is 11.3 Å². The predicted molar refractivity (Wildman–Crippen MR) is 113 cm³/mol. The number of carbonyl (C=O) groups is 1. The van der Waals surface area contributed by atoms with Crippen LogP contribution in [-0.2, 0) is 19.6 Å². The summed E-state index contributed by atoms with van der Waals surface area (Å²) in [7, 11) is -6.08. The number of aromatic nitrogens is 1. The van der Waals surface area contributed by atoms with Crippen LogP contribution in [0.1, 0.15) is 62.3 Å². The van der Waals surface area contributed by atoms with E-state index in [1.165, 1.54) is 13.0 Å². The summed E-state index contributed by atoms with van der Waals surface area (Å²) in [5.41, 5.74) is -5.71. The van der Waals surface area contributed by atoms with Gasteiger partial charge in [-0.05, 0) is 64.2 Å². The predicted octanol–water partition coefficient (Wildman–Crippen LogP) is 5.34. The average molecular weight is 494 g/mol. The molecule has 3 rings (SSSR count). The molecule has 1 aliphatic carbocycles. The van der Waals surface area contributed by atoms with Gasteiger partial charge in [0.2, 0.25) is 0 Å². The summed E-state index contributed by atoms with van der Waals surface area (Å²) in [6.45, 7) is 6.15. The molecule has 0 bridgehead atoms. The van der Waals surface area contributed by atoms with Crippen LogP contribution in [0.4, 0.5) is 13.2 Å². The zero-order chi connectivity index (χ0) is 24.1.